The van der Waals surface area contributed by atoms with Crippen molar-refractivity contribution >= 4 is 36.0 Å². The first-order valence-electron chi connectivity index (χ1n) is 6.91. The van der Waals surface area contributed by atoms with Gasteiger partial charge in [0.1, 0.15) is 6.04 Å². The quantitative estimate of drug-likeness (QED) is 0.826. The predicted molar refractivity (Wildman–Crippen MR) is 84.4 cm³/mol. The highest BCUT2D eigenvalue weighted by Gasteiger charge is 2.35. The first-order valence-corrected chi connectivity index (χ1v) is 8.07. The molecule has 2 fully saturated rings. The van der Waals surface area contributed by atoms with E-state index in [2.05, 4.69) is 5.32 Å². The first-order chi connectivity index (χ1) is 9.09. The lowest BCUT2D eigenvalue weighted by molar-refractivity contribution is -0.142. The van der Waals surface area contributed by atoms with Crippen molar-refractivity contribution in [1.29, 1.82) is 0 Å². The number of nitrogens with zero attached hydrogens (tertiary/aromatic N) is 2. The molecule has 1 N–H and O–H groups in total. The zero-order chi connectivity index (χ0) is 13.8. The maximum atomic E-state index is 12.4. The molecule has 116 valence electrons. The van der Waals surface area contributed by atoms with Crippen molar-refractivity contribution in [3.63, 3.8) is 0 Å². The van der Waals surface area contributed by atoms with Crippen molar-refractivity contribution in [2.45, 2.75) is 31.3 Å². The highest BCUT2D eigenvalue weighted by molar-refractivity contribution is 7.99. The number of hydrogen-bond donors (Lipinski definition) is 1. The van der Waals surface area contributed by atoms with Gasteiger partial charge in [0.2, 0.25) is 11.8 Å². The number of rotatable bonds is 3. The Kier molecular flexibility index (Phi) is 7.12. The van der Waals surface area contributed by atoms with Crippen LogP contribution < -0.4 is 5.32 Å². The molecule has 0 aliphatic carbocycles. The summed E-state index contributed by atoms with van der Waals surface area (Å²) in [6, 6.07) is 0.0284. The summed E-state index contributed by atoms with van der Waals surface area (Å²) >= 11 is 1.89. The van der Waals surface area contributed by atoms with Crippen LogP contribution in [0.5, 0.6) is 0 Å². The second kappa shape index (κ2) is 8.10. The average Bonchev–Trinajstić information content (AvgIpc) is 2.88. The zero-order valence-corrected chi connectivity index (χ0v) is 13.8. The summed E-state index contributed by atoms with van der Waals surface area (Å²) in [5, 5.41) is 3.38. The molecule has 2 aliphatic heterocycles. The van der Waals surface area contributed by atoms with Crippen LogP contribution in [0.4, 0.5) is 0 Å². The fourth-order valence-corrected chi connectivity index (χ4v) is 3.65. The Morgan fingerprint density at radius 3 is 2.75 bits per heavy atom. The maximum Gasteiger partial charge on any atom is 0.244 e. The van der Waals surface area contributed by atoms with Gasteiger partial charge in [0.05, 0.1) is 0 Å². The van der Waals surface area contributed by atoms with Gasteiger partial charge in [-0.2, -0.15) is 11.8 Å². The summed E-state index contributed by atoms with van der Waals surface area (Å²) in [6.07, 6.45) is 2.25. The third kappa shape index (κ3) is 4.27. The number of carbonyl (C=O) groups excluding carboxylic acids is 2. The van der Waals surface area contributed by atoms with E-state index in [1.807, 2.05) is 11.8 Å². The van der Waals surface area contributed by atoms with Crippen molar-refractivity contribution in [3.8, 4) is 0 Å². The van der Waals surface area contributed by atoms with E-state index < -0.39 is 0 Å². The van der Waals surface area contributed by atoms with Gasteiger partial charge in [-0.25, -0.2) is 0 Å². The molecule has 0 aromatic heterocycles. The lowest BCUT2D eigenvalue weighted by atomic mass is 10.1. The predicted octanol–water partition coefficient (Wildman–Crippen LogP) is 0.582. The van der Waals surface area contributed by atoms with E-state index >= 15 is 0 Å². The van der Waals surface area contributed by atoms with Gasteiger partial charge in [0.15, 0.2) is 0 Å². The summed E-state index contributed by atoms with van der Waals surface area (Å²) in [5.74, 6) is 2.29. The molecule has 2 heterocycles. The monoisotopic (exact) mass is 321 g/mol. The van der Waals surface area contributed by atoms with E-state index in [1.54, 1.807) is 23.9 Å². The smallest absolute Gasteiger partial charge is 0.244 e. The van der Waals surface area contributed by atoms with E-state index in [0.29, 0.717) is 6.42 Å². The van der Waals surface area contributed by atoms with Crippen molar-refractivity contribution in [2.75, 3.05) is 38.7 Å². The van der Waals surface area contributed by atoms with Crippen molar-refractivity contribution in [1.82, 2.24) is 15.1 Å². The molecule has 2 amide bonds. The summed E-state index contributed by atoms with van der Waals surface area (Å²) in [7, 11) is 3.51. The molecule has 2 rings (SSSR count). The Hall–Kier alpha value is -0.460. The van der Waals surface area contributed by atoms with Crippen molar-refractivity contribution in [3.05, 3.63) is 0 Å². The van der Waals surface area contributed by atoms with Crippen LogP contribution in [-0.2, 0) is 9.59 Å². The molecular formula is C13H24ClN3O2S. The van der Waals surface area contributed by atoms with E-state index in [0.717, 1.165) is 37.4 Å². The minimum atomic E-state index is -0.237. The summed E-state index contributed by atoms with van der Waals surface area (Å²) in [6.45, 7) is 1.70. The number of likely N-dealkylation sites (tertiary alicyclic amines) is 1. The fraction of sp³-hybridized carbons (Fsp3) is 0.846. The average molecular weight is 322 g/mol. The number of halogens is 1. The van der Waals surface area contributed by atoms with Gasteiger partial charge in [0.25, 0.3) is 0 Å². The third-order valence-corrected chi connectivity index (χ3v) is 4.85. The van der Waals surface area contributed by atoms with Crippen LogP contribution in [0.3, 0.4) is 0 Å². The van der Waals surface area contributed by atoms with Gasteiger partial charge in [-0.1, -0.05) is 0 Å². The van der Waals surface area contributed by atoms with Gasteiger partial charge in [-0.15, -0.1) is 12.4 Å². The fourth-order valence-electron chi connectivity index (χ4n) is 2.70. The highest BCUT2D eigenvalue weighted by atomic mass is 35.5. The molecule has 0 aromatic carbocycles. The summed E-state index contributed by atoms with van der Waals surface area (Å²) in [5.41, 5.74) is 0. The van der Waals surface area contributed by atoms with Crippen LogP contribution in [0.25, 0.3) is 0 Å². The van der Waals surface area contributed by atoms with Crippen molar-refractivity contribution < 1.29 is 9.59 Å². The van der Waals surface area contributed by atoms with Gasteiger partial charge >= 0.3 is 0 Å². The standard InChI is InChI=1S/C13H23N3O2S.ClH/c1-15(2)13(18)11-4-3-6-16(11)12(17)8-10-9-19-7-5-14-10;/h10-11,14H,3-9H2,1-2H3;1H. The normalized spacial score (nSPS) is 26.0. The minimum Gasteiger partial charge on any atom is -0.347 e. The molecule has 7 heteroatoms. The molecule has 2 atom stereocenters. The Balaban J connectivity index is 0.00000200. The van der Waals surface area contributed by atoms with E-state index in [1.165, 1.54) is 0 Å². The molecule has 5 nitrogen and oxygen atoms in total. The van der Waals surface area contributed by atoms with Crippen LogP contribution in [0.2, 0.25) is 0 Å². The first kappa shape index (κ1) is 17.6. The lowest BCUT2D eigenvalue weighted by Crippen LogP contribution is -2.48. The largest absolute Gasteiger partial charge is 0.347 e. The molecule has 0 radical (unpaired) electrons. The van der Waals surface area contributed by atoms with Gasteiger partial charge in [-0.3, -0.25) is 9.59 Å². The minimum absolute atomic E-state index is 0. The van der Waals surface area contributed by atoms with Crippen molar-refractivity contribution in [2.24, 2.45) is 0 Å². The van der Waals surface area contributed by atoms with Crippen LogP contribution in [-0.4, -0.2) is 72.4 Å². The van der Waals surface area contributed by atoms with E-state index in [4.69, 9.17) is 0 Å². The van der Waals surface area contributed by atoms with E-state index in [-0.39, 0.29) is 36.3 Å². The molecule has 20 heavy (non-hydrogen) atoms. The Morgan fingerprint density at radius 1 is 1.40 bits per heavy atom. The highest BCUT2D eigenvalue weighted by Crippen LogP contribution is 2.21. The Morgan fingerprint density at radius 2 is 2.15 bits per heavy atom. The van der Waals surface area contributed by atoms with Crippen LogP contribution in [0, 0.1) is 0 Å². The lowest BCUT2D eigenvalue weighted by Gasteiger charge is -2.29. The van der Waals surface area contributed by atoms with Crippen LogP contribution in [0.15, 0.2) is 0 Å². The second-order valence-electron chi connectivity index (χ2n) is 5.41. The number of amides is 2. The Labute approximate surface area is 131 Å². The topological polar surface area (TPSA) is 52.7 Å². The summed E-state index contributed by atoms with van der Waals surface area (Å²) in [4.78, 5) is 27.8. The third-order valence-electron chi connectivity index (χ3n) is 3.72. The number of likely N-dealkylation sites (N-methyl/N-ethyl adjacent to an activating group) is 1. The number of hydrogen-bond acceptors (Lipinski definition) is 4. The number of nitrogens with one attached hydrogen (secondary N) is 1. The van der Waals surface area contributed by atoms with E-state index in [9.17, 15) is 9.59 Å². The zero-order valence-electron chi connectivity index (χ0n) is 12.1. The van der Waals surface area contributed by atoms with Crippen LogP contribution >= 0.6 is 24.2 Å². The Bertz CT molecular complexity index is 349. The van der Waals surface area contributed by atoms with Crippen LogP contribution in [0.1, 0.15) is 19.3 Å². The number of thioether (sulfide) groups is 1. The molecular weight excluding hydrogens is 298 g/mol. The molecule has 0 spiro atoms. The van der Waals surface area contributed by atoms with Gasteiger partial charge < -0.3 is 15.1 Å². The number of carbonyl (C=O) groups is 2. The van der Waals surface area contributed by atoms with Gasteiger partial charge in [0, 0.05) is 51.2 Å². The van der Waals surface area contributed by atoms with Gasteiger partial charge in [-0.05, 0) is 12.8 Å². The molecule has 0 saturated carbocycles. The molecule has 0 bridgehead atoms. The maximum absolute atomic E-state index is 12.4. The molecule has 0 aromatic rings. The summed E-state index contributed by atoms with van der Waals surface area (Å²) < 4.78 is 0. The molecule has 2 aliphatic rings. The second-order valence-corrected chi connectivity index (χ2v) is 6.56. The molecule has 2 unspecified atom stereocenters. The SMILES string of the molecule is CN(C)C(=O)C1CCCN1C(=O)CC1CSCCN1.Cl. The molecule has 2 saturated heterocycles.